The Hall–Kier alpha value is -0.730. The van der Waals surface area contributed by atoms with E-state index in [1.165, 1.54) is 18.4 Å². The van der Waals surface area contributed by atoms with Crippen molar-refractivity contribution in [3.05, 3.63) is 28.3 Å². The van der Waals surface area contributed by atoms with Crippen molar-refractivity contribution in [1.82, 2.24) is 0 Å². The van der Waals surface area contributed by atoms with Crippen molar-refractivity contribution in [2.45, 2.75) is 45.6 Å². The Morgan fingerprint density at radius 1 is 1.44 bits per heavy atom. The third kappa shape index (κ3) is 3.63. The Morgan fingerprint density at radius 3 is 2.72 bits per heavy atom. The molecule has 1 aromatic rings. The zero-order valence-electron chi connectivity index (χ0n) is 11.2. The van der Waals surface area contributed by atoms with E-state index in [9.17, 15) is 0 Å². The zero-order valence-corrected chi connectivity index (χ0v) is 12.0. The molecule has 0 bridgehead atoms. The van der Waals surface area contributed by atoms with Crippen LogP contribution in [0, 0.1) is 12.8 Å². The lowest BCUT2D eigenvalue weighted by molar-refractivity contribution is 0.298. The molecule has 1 aliphatic carbocycles. The van der Waals surface area contributed by atoms with Crippen LogP contribution in [0.2, 0.25) is 5.02 Å². The standard InChI is InChI=1S/C15H22ClNO/c1-3-13(17)7-12-6-10(2)15(14(16)8-12)18-9-11-4-5-11/h6,8,11,13H,3-5,7,9,17H2,1-2H3. The zero-order chi connectivity index (χ0) is 13.1. The van der Waals surface area contributed by atoms with Crippen molar-refractivity contribution in [2.24, 2.45) is 11.7 Å². The van der Waals surface area contributed by atoms with Crippen LogP contribution in [-0.4, -0.2) is 12.6 Å². The molecule has 1 saturated carbocycles. The van der Waals surface area contributed by atoms with Gasteiger partial charge in [0.1, 0.15) is 5.75 Å². The smallest absolute Gasteiger partial charge is 0.140 e. The van der Waals surface area contributed by atoms with Crippen LogP contribution in [0.25, 0.3) is 0 Å². The molecule has 3 heteroatoms. The molecule has 1 fully saturated rings. The van der Waals surface area contributed by atoms with Crippen LogP contribution in [0.3, 0.4) is 0 Å². The van der Waals surface area contributed by atoms with E-state index < -0.39 is 0 Å². The minimum atomic E-state index is 0.207. The molecule has 1 unspecified atom stereocenters. The molecular formula is C15H22ClNO. The summed E-state index contributed by atoms with van der Waals surface area (Å²) < 4.78 is 5.81. The van der Waals surface area contributed by atoms with E-state index in [-0.39, 0.29) is 6.04 Å². The summed E-state index contributed by atoms with van der Waals surface area (Å²) in [6.07, 6.45) is 4.44. The maximum absolute atomic E-state index is 6.30. The molecule has 0 amide bonds. The summed E-state index contributed by atoms with van der Waals surface area (Å²) in [6, 6.07) is 4.34. The van der Waals surface area contributed by atoms with Crippen molar-refractivity contribution in [2.75, 3.05) is 6.61 Å². The lowest BCUT2D eigenvalue weighted by Crippen LogP contribution is -2.21. The number of halogens is 1. The number of benzene rings is 1. The van der Waals surface area contributed by atoms with Gasteiger partial charge < -0.3 is 10.5 Å². The number of ether oxygens (including phenoxy) is 1. The third-order valence-corrected chi connectivity index (χ3v) is 3.75. The van der Waals surface area contributed by atoms with Crippen LogP contribution in [-0.2, 0) is 6.42 Å². The van der Waals surface area contributed by atoms with Crippen LogP contribution < -0.4 is 10.5 Å². The van der Waals surface area contributed by atoms with Gasteiger partial charge in [0.25, 0.3) is 0 Å². The monoisotopic (exact) mass is 267 g/mol. The van der Waals surface area contributed by atoms with Gasteiger partial charge in [0, 0.05) is 6.04 Å². The van der Waals surface area contributed by atoms with E-state index in [0.717, 1.165) is 36.7 Å². The van der Waals surface area contributed by atoms with Gasteiger partial charge in [0.15, 0.2) is 0 Å². The number of aryl methyl sites for hydroxylation is 1. The van der Waals surface area contributed by atoms with E-state index in [1.54, 1.807) is 0 Å². The number of hydrogen-bond acceptors (Lipinski definition) is 2. The first kappa shape index (κ1) is 13.7. The number of rotatable bonds is 6. The van der Waals surface area contributed by atoms with Crippen LogP contribution in [0.4, 0.5) is 0 Å². The minimum Gasteiger partial charge on any atom is -0.491 e. The SMILES string of the molecule is CCC(N)Cc1cc(C)c(OCC2CC2)c(Cl)c1. The normalized spacial score (nSPS) is 16.7. The van der Waals surface area contributed by atoms with E-state index in [1.807, 2.05) is 6.07 Å². The second-order valence-corrected chi connectivity index (χ2v) is 5.76. The Labute approximate surface area is 114 Å². The Kier molecular flexibility index (Phi) is 4.52. The van der Waals surface area contributed by atoms with Gasteiger partial charge in [-0.3, -0.25) is 0 Å². The molecule has 1 atom stereocenters. The maximum atomic E-state index is 6.30. The summed E-state index contributed by atoms with van der Waals surface area (Å²) in [7, 11) is 0. The molecular weight excluding hydrogens is 246 g/mol. The van der Waals surface area contributed by atoms with Crippen molar-refractivity contribution in [3.8, 4) is 5.75 Å². The highest BCUT2D eigenvalue weighted by molar-refractivity contribution is 6.32. The molecule has 0 aromatic heterocycles. The topological polar surface area (TPSA) is 35.2 Å². The predicted octanol–water partition coefficient (Wildman–Crippen LogP) is 3.72. The summed E-state index contributed by atoms with van der Waals surface area (Å²) in [5.41, 5.74) is 8.29. The van der Waals surface area contributed by atoms with E-state index in [4.69, 9.17) is 22.1 Å². The van der Waals surface area contributed by atoms with Gasteiger partial charge in [-0.2, -0.15) is 0 Å². The van der Waals surface area contributed by atoms with Gasteiger partial charge in [-0.15, -0.1) is 0 Å². The molecule has 2 N–H and O–H groups in total. The largest absolute Gasteiger partial charge is 0.491 e. The molecule has 0 heterocycles. The highest BCUT2D eigenvalue weighted by atomic mass is 35.5. The fourth-order valence-electron chi connectivity index (χ4n) is 2.04. The second-order valence-electron chi connectivity index (χ2n) is 5.35. The molecule has 1 aromatic carbocycles. The first-order valence-corrected chi connectivity index (χ1v) is 7.15. The molecule has 1 aliphatic rings. The fraction of sp³-hybridized carbons (Fsp3) is 0.600. The maximum Gasteiger partial charge on any atom is 0.140 e. The number of hydrogen-bond donors (Lipinski definition) is 1. The Bertz CT molecular complexity index is 392. The fourth-order valence-corrected chi connectivity index (χ4v) is 2.38. The van der Waals surface area contributed by atoms with Gasteiger partial charge in [0.05, 0.1) is 11.6 Å². The lowest BCUT2D eigenvalue weighted by atomic mass is 10.0. The molecule has 18 heavy (non-hydrogen) atoms. The first-order valence-electron chi connectivity index (χ1n) is 6.77. The minimum absolute atomic E-state index is 0.207. The van der Waals surface area contributed by atoms with Crippen molar-refractivity contribution >= 4 is 11.6 Å². The Balaban J connectivity index is 2.06. The number of nitrogens with two attached hydrogens (primary N) is 1. The summed E-state index contributed by atoms with van der Waals surface area (Å²) in [5, 5.41) is 0.717. The van der Waals surface area contributed by atoms with Gasteiger partial charge in [0.2, 0.25) is 0 Å². The Morgan fingerprint density at radius 2 is 2.17 bits per heavy atom. The van der Waals surface area contributed by atoms with Crippen molar-refractivity contribution in [3.63, 3.8) is 0 Å². The second kappa shape index (κ2) is 5.94. The van der Waals surface area contributed by atoms with Crippen LogP contribution >= 0.6 is 11.6 Å². The van der Waals surface area contributed by atoms with Gasteiger partial charge in [-0.25, -0.2) is 0 Å². The molecule has 0 spiro atoms. The summed E-state index contributed by atoms with van der Waals surface area (Å²) in [5.74, 6) is 1.59. The predicted molar refractivity (Wildman–Crippen MR) is 76.4 cm³/mol. The average Bonchev–Trinajstić information content (AvgIpc) is 3.11. The van der Waals surface area contributed by atoms with Crippen molar-refractivity contribution < 1.29 is 4.74 Å². The summed E-state index contributed by atoms with van der Waals surface area (Å²) in [4.78, 5) is 0. The highest BCUT2D eigenvalue weighted by Gasteiger charge is 2.22. The van der Waals surface area contributed by atoms with Crippen molar-refractivity contribution in [1.29, 1.82) is 0 Å². The molecule has 0 saturated heterocycles. The van der Waals surface area contributed by atoms with E-state index in [0.29, 0.717) is 5.02 Å². The lowest BCUT2D eigenvalue weighted by Gasteiger charge is -2.14. The molecule has 100 valence electrons. The first-order chi connectivity index (χ1) is 8.60. The summed E-state index contributed by atoms with van der Waals surface area (Å²) >= 11 is 6.30. The third-order valence-electron chi connectivity index (χ3n) is 3.47. The van der Waals surface area contributed by atoms with Gasteiger partial charge in [-0.1, -0.05) is 24.6 Å². The van der Waals surface area contributed by atoms with E-state index in [2.05, 4.69) is 19.9 Å². The molecule has 2 rings (SSSR count). The molecule has 0 aliphatic heterocycles. The molecule has 2 nitrogen and oxygen atoms in total. The highest BCUT2D eigenvalue weighted by Crippen LogP contribution is 2.34. The van der Waals surface area contributed by atoms with Crippen LogP contribution in [0.1, 0.15) is 37.3 Å². The van der Waals surface area contributed by atoms with Crippen LogP contribution in [0.5, 0.6) is 5.75 Å². The van der Waals surface area contributed by atoms with Gasteiger partial charge >= 0.3 is 0 Å². The van der Waals surface area contributed by atoms with E-state index >= 15 is 0 Å². The average molecular weight is 268 g/mol. The van der Waals surface area contributed by atoms with Crippen LogP contribution in [0.15, 0.2) is 12.1 Å². The quantitative estimate of drug-likeness (QED) is 0.853. The summed E-state index contributed by atoms with van der Waals surface area (Å²) in [6.45, 7) is 4.95. The molecule has 0 radical (unpaired) electrons. The van der Waals surface area contributed by atoms with Gasteiger partial charge in [-0.05, 0) is 55.7 Å².